The highest BCUT2D eigenvalue weighted by Crippen LogP contribution is 2.31. The van der Waals surface area contributed by atoms with Crippen LogP contribution >= 0.6 is 11.6 Å². The normalized spacial score (nSPS) is 10.4. The minimum absolute atomic E-state index is 0.0853. The molecule has 0 aliphatic rings. The molecule has 0 bridgehead atoms. The molecular weight excluding hydrogens is 364 g/mol. The summed E-state index contributed by atoms with van der Waals surface area (Å²) in [6.45, 7) is 7.19. The number of anilines is 2. The fraction of sp³-hybridized carbons (Fsp3) is 0.333. The number of hydrogen-bond donors (Lipinski definition) is 1. The van der Waals surface area contributed by atoms with Gasteiger partial charge in [0.05, 0.1) is 18.5 Å². The zero-order valence-electron chi connectivity index (χ0n) is 16.4. The van der Waals surface area contributed by atoms with Gasteiger partial charge in [-0.1, -0.05) is 36.7 Å². The van der Waals surface area contributed by atoms with Crippen molar-refractivity contribution in [1.29, 1.82) is 0 Å². The van der Waals surface area contributed by atoms with Crippen molar-refractivity contribution in [2.24, 2.45) is 0 Å². The maximum absolute atomic E-state index is 12.7. The van der Waals surface area contributed by atoms with E-state index in [9.17, 15) is 9.59 Å². The Kier molecular flexibility index (Phi) is 6.86. The number of carbonyl (C=O) groups excluding carboxylic acids is 2. The van der Waals surface area contributed by atoms with E-state index in [-0.39, 0.29) is 18.4 Å². The molecule has 0 atom stereocenters. The number of nitrogens with one attached hydrogen (secondary N) is 1. The zero-order valence-corrected chi connectivity index (χ0v) is 17.1. The first-order chi connectivity index (χ1) is 12.8. The van der Waals surface area contributed by atoms with Gasteiger partial charge in [0.1, 0.15) is 12.3 Å². The summed E-state index contributed by atoms with van der Waals surface area (Å²) in [5, 5.41) is 3.38. The van der Waals surface area contributed by atoms with E-state index in [1.165, 1.54) is 18.9 Å². The number of amides is 2. The van der Waals surface area contributed by atoms with Crippen molar-refractivity contribution in [2.45, 2.75) is 34.1 Å². The molecule has 0 saturated heterocycles. The summed E-state index contributed by atoms with van der Waals surface area (Å²) in [5.41, 5.74) is 4.12. The lowest BCUT2D eigenvalue weighted by Gasteiger charge is -2.25. The first kappa shape index (κ1) is 20.8. The molecule has 0 aromatic heterocycles. The van der Waals surface area contributed by atoms with Gasteiger partial charge in [-0.2, -0.15) is 0 Å². The van der Waals surface area contributed by atoms with Crippen LogP contribution in [0.2, 0.25) is 5.02 Å². The Morgan fingerprint density at radius 2 is 1.89 bits per heavy atom. The summed E-state index contributed by atoms with van der Waals surface area (Å²) in [7, 11) is 1.51. The Labute approximate surface area is 165 Å². The van der Waals surface area contributed by atoms with E-state index in [1.807, 2.05) is 39.0 Å². The largest absolute Gasteiger partial charge is 0.495 e. The van der Waals surface area contributed by atoms with Crippen molar-refractivity contribution in [1.82, 2.24) is 0 Å². The van der Waals surface area contributed by atoms with E-state index in [2.05, 4.69) is 5.32 Å². The van der Waals surface area contributed by atoms with Crippen molar-refractivity contribution in [3.8, 4) is 5.75 Å². The fourth-order valence-electron chi connectivity index (χ4n) is 3.00. The minimum atomic E-state index is -0.310. The second-order valence-electron chi connectivity index (χ2n) is 6.39. The molecule has 0 radical (unpaired) electrons. The van der Waals surface area contributed by atoms with Gasteiger partial charge in [0, 0.05) is 18.0 Å². The first-order valence-corrected chi connectivity index (χ1v) is 9.16. The van der Waals surface area contributed by atoms with Gasteiger partial charge in [-0.25, -0.2) is 0 Å². The van der Waals surface area contributed by atoms with Crippen LogP contribution in [0.25, 0.3) is 0 Å². The molecule has 5 nitrogen and oxygen atoms in total. The number of benzene rings is 2. The minimum Gasteiger partial charge on any atom is -0.495 e. The van der Waals surface area contributed by atoms with E-state index in [0.29, 0.717) is 16.5 Å². The Hall–Kier alpha value is -2.53. The van der Waals surface area contributed by atoms with Crippen molar-refractivity contribution < 1.29 is 14.3 Å². The Balaban J connectivity index is 2.30. The average Bonchev–Trinajstić information content (AvgIpc) is 2.62. The Bertz CT molecular complexity index is 865. The fourth-order valence-corrected chi connectivity index (χ4v) is 3.16. The Morgan fingerprint density at radius 1 is 1.19 bits per heavy atom. The van der Waals surface area contributed by atoms with Crippen molar-refractivity contribution in [2.75, 3.05) is 23.9 Å². The average molecular weight is 389 g/mol. The van der Waals surface area contributed by atoms with Crippen LogP contribution in [0.3, 0.4) is 0 Å². The van der Waals surface area contributed by atoms with Gasteiger partial charge in [0.25, 0.3) is 0 Å². The molecule has 144 valence electrons. The van der Waals surface area contributed by atoms with Gasteiger partial charge in [-0.15, -0.1) is 0 Å². The molecule has 27 heavy (non-hydrogen) atoms. The van der Waals surface area contributed by atoms with Gasteiger partial charge in [0.2, 0.25) is 11.8 Å². The predicted molar refractivity (Wildman–Crippen MR) is 110 cm³/mol. The summed E-state index contributed by atoms with van der Waals surface area (Å²) in [6, 6.07) is 9.28. The third kappa shape index (κ3) is 4.80. The third-order valence-electron chi connectivity index (χ3n) is 4.41. The summed E-state index contributed by atoms with van der Waals surface area (Å²) < 4.78 is 5.30. The monoisotopic (exact) mass is 388 g/mol. The van der Waals surface area contributed by atoms with Crippen LogP contribution < -0.4 is 15.0 Å². The van der Waals surface area contributed by atoms with Gasteiger partial charge in [-0.05, 0) is 43.0 Å². The number of ether oxygens (including phenoxy) is 1. The third-order valence-corrected chi connectivity index (χ3v) is 4.82. The number of carbonyl (C=O) groups is 2. The number of methoxy groups -OCH3 is 1. The van der Waals surface area contributed by atoms with E-state index >= 15 is 0 Å². The number of rotatable bonds is 6. The van der Waals surface area contributed by atoms with E-state index in [4.69, 9.17) is 16.3 Å². The molecule has 0 heterocycles. The van der Waals surface area contributed by atoms with Gasteiger partial charge >= 0.3 is 0 Å². The molecule has 0 aliphatic heterocycles. The standard InChI is InChI=1S/C21H25ClN2O3/c1-6-16-9-7-8-13(2)21(16)24(15(4)25)12-20(26)23-18-10-14(3)17(22)11-19(18)27-5/h7-11H,6,12H2,1-5H3,(H,23,26). The molecule has 0 unspecified atom stereocenters. The van der Waals surface area contributed by atoms with E-state index in [0.717, 1.165) is 28.8 Å². The highest BCUT2D eigenvalue weighted by molar-refractivity contribution is 6.31. The van der Waals surface area contributed by atoms with Gasteiger partial charge < -0.3 is 15.0 Å². The van der Waals surface area contributed by atoms with Crippen LogP contribution in [-0.2, 0) is 16.0 Å². The number of nitrogens with zero attached hydrogens (tertiary/aromatic N) is 1. The molecule has 2 aromatic carbocycles. The highest BCUT2D eigenvalue weighted by atomic mass is 35.5. The molecule has 0 fully saturated rings. The summed E-state index contributed by atoms with van der Waals surface area (Å²) >= 11 is 6.11. The van der Waals surface area contributed by atoms with Crippen LogP contribution in [0.1, 0.15) is 30.5 Å². The molecule has 2 aromatic rings. The van der Waals surface area contributed by atoms with Crippen LogP contribution in [0.5, 0.6) is 5.75 Å². The molecule has 0 aliphatic carbocycles. The molecular formula is C21H25ClN2O3. The van der Waals surface area contributed by atoms with E-state index < -0.39 is 0 Å². The number of hydrogen-bond acceptors (Lipinski definition) is 3. The summed E-state index contributed by atoms with van der Waals surface area (Å²) in [5.74, 6) is -0.0256. The van der Waals surface area contributed by atoms with E-state index in [1.54, 1.807) is 12.1 Å². The lowest BCUT2D eigenvalue weighted by molar-refractivity contribution is -0.120. The molecule has 1 N–H and O–H groups in total. The van der Waals surface area contributed by atoms with Gasteiger partial charge in [-0.3, -0.25) is 9.59 Å². The van der Waals surface area contributed by atoms with Crippen LogP contribution in [0.15, 0.2) is 30.3 Å². The smallest absolute Gasteiger partial charge is 0.244 e. The van der Waals surface area contributed by atoms with Crippen LogP contribution in [0, 0.1) is 13.8 Å². The lowest BCUT2D eigenvalue weighted by atomic mass is 10.0. The SMILES string of the molecule is CCc1cccc(C)c1N(CC(=O)Nc1cc(C)c(Cl)cc1OC)C(C)=O. The molecule has 0 saturated carbocycles. The Morgan fingerprint density at radius 3 is 2.48 bits per heavy atom. The van der Waals surface area contributed by atoms with Crippen molar-refractivity contribution >= 4 is 34.8 Å². The van der Waals surface area contributed by atoms with Crippen molar-refractivity contribution in [3.63, 3.8) is 0 Å². The second kappa shape index (κ2) is 8.91. The van der Waals surface area contributed by atoms with Crippen LogP contribution in [0.4, 0.5) is 11.4 Å². The second-order valence-corrected chi connectivity index (χ2v) is 6.80. The first-order valence-electron chi connectivity index (χ1n) is 8.79. The zero-order chi connectivity index (χ0) is 20.1. The molecule has 2 rings (SSSR count). The predicted octanol–water partition coefficient (Wildman–Crippen LogP) is 4.52. The summed E-state index contributed by atoms with van der Waals surface area (Å²) in [4.78, 5) is 26.5. The quantitative estimate of drug-likeness (QED) is 0.791. The maximum Gasteiger partial charge on any atom is 0.244 e. The van der Waals surface area contributed by atoms with Crippen molar-refractivity contribution in [3.05, 3.63) is 52.0 Å². The topological polar surface area (TPSA) is 58.6 Å². The number of para-hydroxylation sites is 1. The van der Waals surface area contributed by atoms with Gasteiger partial charge in [0.15, 0.2) is 0 Å². The molecule has 0 spiro atoms. The van der Waals surface area contributed by atoms with Crippen LogP contribution in [-0.4, -0.2) is 25.5 Å². The number of aryl methyl sites for hydroxylation is 3. The molecule has 6 heteroatoms. The lowest BCUT2D eigenvalue weighted by Crippen LogP contribution is -2.37. The number of halogens is 1. The summed E-state index contributed by atoms with van der Waals surface area (Å²) in [6.07, 6.45) is 0.770. The highest BCUT2D eigenvalue weighted by Gasteiger charge is 2.21. The maximum atomic E-state index is 12.7. The molecule has 2 amide bonds.